The molecule has 2 aromatic rings. The summed E-state index contributed by atoms with van der Waals surface area (Å²) in [5.41, 5.74) is 0.723. The molecule has 2 amide bonds. The second-order valence-electron chi connectivity index (χ2n) is 4.63. The first-order valence-corrected chi connectivity index (χ1v) is 9.17. The number of nitrogens with zero attached hydrogens (tertiary/aromatic N) is 1. The predicted octanol–water partition coefficient (Wildman–Crippen LogP) is 5.69. The third-order valence-electron chi connectivity index (χ3n) is 3.10. The molecular formula is C15H8Br2ClNO3S. The minimum atomic E-state index is -0.358. The zero-order chi connectivity index (χ0) is 16.6. The highest BCUT2D eigenvalue weighted by Crippen LogP contribution is 2.35. The Balaban J connectivity index is 1.84. The first-order chi connectivity index (χ1) is 11.0. The summed E-state index contributed by atoms with van der Waals surface area (Å²) in [5.74, 6) is 0.121. The third-order valence-corrected chi connectivity index (χ3v) is 6.08. The van der Waals surface area contributed by atoms with Gasteiger partial charge in [0.15, 0.2) is 4.67 Å². The van der Waals surface area contributed by atoms with Crippen molar-refractivity contribution in [2.75, 3.05) is 0 Å². The smallest absolute Gasteiger partial charge is 0.293 e. The van der Waals surface area contributed by atoms with E-state index in [9.17, 15) is 9.59 Å². The molecule has 0 bridgehead atoms. The lowest BCUT2D eigenvalue weighted by atomic mass is 10.2. The van der Waals surface area contributed by atoms with Crippen molar-refractivity contribution in [1.29, 1.82) is 0 Å². The molecule has 1 aliphatic heterocycles. The van der Waals surface area contributed by atoms with Gasteiger partial charge in [-0.15, -0.1) is 0 Å². The van der Waals surface area contributed by atoms with E-state index >= 15 is 0 Å². The Hall–Kier alpha value is -1.02. The van der Waals surface area contributed by atoms with Gasteiger partial charge in [0.05, 0.1) is 15.9 Å². The van der Waals surface area contributed by atoms with E-state index in [2.05, 4.69) is 31.9 Å². The Morgan fingerprint density at radius 1 is 1.26 bits per heavy atom. The first-order valence-electron chi connectivity index (χ1n) is 6.39. The summed E-state index contributed by atoms with van der Waals surface area (Å²) >= 11 is 13.5. The summed E-state index contributed by atoms with van der Waals surface area (Å²) in [6.45, 7) is 0.146. The van der Waals surface area contributed by atoms with Gasteiger partial charge in [-0.3, -0.25) is 14.5 Å². The van der Waals surface area contributed by atoms with E-state index in [1.54, 1.807) is 30.3 Å². The van der Waals surface area contributed by atoms with Gasteiger partial charge in [-0.2, -0.15) is 0 Å². The van der Waals surface area contributed by atoms with E-state index in [0.717, 1.165) is 21.8 Å². The topological polar surface area (TPSA) is 50.5 Å². The number of imide groups is 1. The van der Waals surface area contributed by atoms with Crippen molar-refractivity contribution >= 4 is 72.4 Å². The SMILES string of the molecule is O=C1S/C(=C\c2cc(Br)c(Br)o2)C(=O)N1Cc1ccccc1Cl. The quantitative estimate of drug-likeness (QED) is 0.533. The van der Waals surface area contributed by atoms with E-state index in [1.807, 2.05) is 6.07 Å². The predicted molar refractivity (Wildman–Crippen MR) is 97.1 cm³/mol. The van der Waals surface area contributed by atoms with Crippen LogP contribution in [0, 0.1) is 0 Å². The van der Waals surface area contributed by atoms with Crippen molar-refractivity contribution in [3.8, 4) is 0 Å². The Morgan fingerprint density at radius 2 is 2.00 bits per heavy atom. The van der Waals surface area contributed by atoms with E-state index in [0.29, 0.717) is 20.4 Å². The van der Waals surface area contributed by atoms with Gasteiger partial charge in [0.1, 0.15) is 5.76 Å². The van der Waals surface area contributed by atoms with Gasteiger partial charge in [-0.25, -0.2) is 0 Å². The Morgan fingerprint density at radius 3 is 2.65 bits per heavy atom. The molecule has 1 saturated heterocycles. The molecule has 23 heavy (non-hydrogen) atoms. The van der Waals surface area contributed by atoms with Crippen molar-refractivity contribution < 1.29 is 14.0 Å². The van der Waals surface area contributed by atoms with Crippen LogP contribution >= 0.6 is 55.2 Å². The van der Waals surface area contributed by atoms with E-state index < -0.39 is 0 Å². The Bertz CT molecular complexity index is 814. The lowest BCUT2D eigenvalue weighted by Gasteiger charge is -2.13. The van der Waals surface area contributed by atoms with Crippen molar-refractivity contribution in [3.63, 3.8) is 0 Å². The normalized spacial score (nSPS) is 16.7. The molecule has 0 unspecified atom stereocenters. The number of carbonyl (C=O) groups is 2. The maximum Gasteiger partial charge on any atom is 0.293 e. The summed E-state index contributed by atoms with van der Waals surface area (Å²) < 4.78 is 6.67. The van der Waals surface area contributed by atoms with Gasteiger partial charge in [0.25, 0.3) is 11.1 Å². The number of thioether (sulfide) groups is 1. The molecule has 0 N–H and O–H groups in total. The second kappa shape index (κ2) is 6.84. The molecule has 0 atom stereocenters. The van der Waals surface area contributed by atoms with Crippen molar-refractivity contribution in [3.05, 3.63) is 60.7 Å². The van der Waals surface area contributed by atoms with Gasteiger partial charge in [-0.1, -0.05) is 29.8 Å². The largest absolute Gasteiger partial charge is 0.449 e. The van der Waals surface area contributed by atoms with Crippen LogP contribution in [0.3, 0.4) is 0 Å². The van der Waals surface area contributed by atoms with Crippen LogP contribution < -0.4 is 0 Å². The molecule has 4 nitrogen and oxygen atoms in total. The maximum atomic E-state index is 12.4. The molecule has 1 aromatic carbocycles. The molecule has 0 aliphatic carbocycles. The van der Waals surface area contributed by atoms with Gasteiger partial charge in [0.2, 0.25) is 0 Å². The van der Waals surface area contributed by atoms with Gasteiger partial charge >= 0.3 is 0 Å². The molecule has 0 saturated carbocycles. The number of carbonyl (C=O) groups excluding carboxylic acids is 2. The highest BCUT2D eigenvalue weighted by molar-refractivity contribution is 9.13. The highest BCUT2D eigenvalue weighted by Gasteiger charge is 2.35. The minimum absolute atomic E-state index is 0.146. The van der Waals surface area contributed by atoms with Gasteiger partial charge in [-0.05, 0) is 61.3 Å². The maximum absolute atomic E-state index is 12.4. The van der Waals surface area contributed by atoms with Crippen LogP contribution in [0.25, 0.3) is 6.08 Å². The zero-order valence-corrected chi connectivity index (χ0v) is 16.1. The average molecular weight is 478 g/mol. The molecule has 1 fully saturated rings. The fraction of sp³-hybridized carbons (Fsp3) is 0.0667. The van der Waals surface area contributed by atoms with Crippen LogP contribution in [0.1, 0.15) is 11.3 Å². The molecule has 8 heteroatoms. The van der Waals surface area contributed by atoms with Crippen LogP contribution in [0.4, 0.5) is 4.79 Å². The molecule has 2 heterocycles. The number of amides is 2. The van der Waals surface area contributed by atoms with Crippen LogP contribution in [-0.2, 0) is 11.3 Å². The second-order valence-corrected chi connectivity index (χ2v) is 7.60. The summed E-state index contributed by atoms with van der Waals surface area (Å²) in [6, 6.07) is 8.84. The summed E-state index contributed by atoms with van der Waals surface area (Å²) in [6.07, 6.45) is 1.55. The fourth-order valence-electron chi connectivity index (χ4n) is 2.00. The minimum Gasteiger partial charge on any atom is -0.449 e. The number of furan rings is 1. The first kappa shape index (κ1) is 16.8. The zero-order valence-electron chi connectivity index (χ0n) is 11.4. The molecule has 0 radical (unpaired) electrons. The number of rotatable bonds is 3. The van der Waals surface area contributed by atoms with Crippen LogP contribution in [0.15, 0.2) is 48.8 Å². The van der Waals surface area contributed by atoms with Crippen molar-refractivity contribution in [1.82, 2.24) is 4.90 Å². The van der Waals surface area contributed by atoms with Gasteiger partial charge < -0.3 is 4.42 Å². The summed E-state index contributed by atoms with van der Waals surface area (Å²) in [5, 5.41) is 0.195. The standard InChI is InChI=1S/C15H8Br2ClNO3S/c16-10-5-9(22-13(10)17)6-12-14(20)19(15(21)23-12)7-8-3-1-2-4-11(8)18/h1-6H,7H2/b12-6-. The van der Waals surface area contributed by atoms with Gasteiger partial charge in [0, 0.05) is 11.1 Å². The molecule has 0 spiro atoms. The summed E-state index contributed by atoms with van der Waals surface area (Å²) in [7, 11) is 0. The molecule has 1 aliphatic rings. The van der Waals surface area contributed by atoms with Crippen LogP contribution in [0.2, 0.25) is 5.02 Å². The molecule has 1 aromatic heterocycles. The molecule has 118 valence electrons. The van der Waals surface area contributed by atoms with Crippen molar-refractivity contribution in [2.24, 2.45) is 0 Å². The number of benzene rings is 1. The van der Waals surface area contributed by atoms with Crippen LogP contribution in [0.5, 0.6) is 0 Å². The van der Waals surface area contributed by atoms with Crippen molar-refractivity contribution in [2.45, 2.75) is 6.54 Å². The van der Waals surface area contributed by atoms with E-state index in [4.69, 9.17) is 16.0 Å². The fourth-order valence-corrected chi connectivity index (χ4v) is 3.62. The summed E-state index contributed by atoms with van der Waals surface area (Å²) in [4.78, 5) is 26.0. The number of halogens is 3. The lowest BCUT2D eigenvalue weighted by Crippen LogP contribution is -2.27. The van der Waals surface area contributed by atoms with E-state index in [1.165, 1.54) is 4.90 Å². The number of hydrogen-bond donors (Lipinski definition) is 0. The molecule has 3 rings (SSSR count). The molecular weight excluding hydrogens is 469 g/mol. The Labute approximate surface area is 158 Å². The van der Waals surface area contributed by atoms with E-state index in [-0.39, 0.29) is 17.7 Å². The van der Waals surface area contributed by atoms with Crippen LogP contribution in [-0.4, -0.2) is 16.0 Å². The highest BCUT2D eigenvalue weighted by atomic mass is 79.9. The monoisotopic (exact) mass is 475 g/mol. The lowest BCUT2D eigenvalue weighted by molar-refractivity contribution is -0.123. The Kier molecular flexibility index (Phi) is 5.01. The number of hydrogen-bond acceptors (Lipinski definition) is 4. The third kappa shape index (κ3) is 3.57. The average Bonchev–Trinajstić information content (AvgIpc) is 2.95.